The maximum Gasteiger partial charge on any atom is 0.250 e. The molecular formula is C16H23NO2. The van der Waals surface area contributed by atoms with Gasteiger partial charge in [-0.2, -0.15) is 0 Å². The quantitative estimate of drug-likeness (QED) is 0.880. The van der Waals surface area contributed by atoms with Crippen LogP contribution in [-0.4, -0.2) is 18.6 Å². The van der Waals surface area contributed by atoms with Gasteiger partial charge in [0.05, 0.1) is 6.10 Å². The molecule has 1 aromatic rings. The van der Waals surface area contributed by atoms with Crippen LogP contribution in [0.25, 0.3) is 0 Å². The molecule has 0 atom stereocenters. The zero-order valence-electron chi connectivity index (χ0n) is 11.7. The molecule has 2 rings (SSSR count). The highest BCUT2D eigenvalue weighted by Crippen LogP contribution is 2.20. The Labute approximate surface area is 115 Å². The Bertz CT molecular complexity index is 394. The van der Waals surface area contributed by atoms with Crippen LogP contribution in [0.2, 0.25) is 0 Å². The molecule has 0 aromatic heterocycles. The fourth-order valence-corrected chi connectivity index (χ4v) is 2.45. The molecule has 3 heteroatoms. The van der Waals surface area contributed by atoms with E-state index in [4.69, 9.17) is 4.74 Å². The van der Waals surface area contributed by atoms with E-state index in [1.54, 1.807) is 0 Å². The molecule has 0 unspecified atom stereocenters. The number of carbonyl (C=O) groups is 1. The molecule has 3 nitrogen and oxygen atoms in total. The van der Waals surface area contributed by atoms with Crippen LogP contribution >= 0.6 is 0 Å². The summed E-state index contributed by atoms with van der Waals surface area (Å²) in [6.07, 6.45) is 7.24. The summed E-state index contributed by atoms with van der Waals surface area (Å²) in [5, 5.41) is 2.87. The molecule has 1 saturated carbocycles. The first-order valence-electron chi connectivity index (χ1n) is 7.28. The van der Waals surface area contributed by atoms with Crippen molar-refractivity contribution in [3.05, 3.63) is 29.8 Å². The van der Waals surface area contributed by atoms with Crippen LogP contribution in [0.15, 0.2) is 24.3 Å². The van der Waals surface area contributed by atoms with Crippen LogP contribution < -0.4 is 5.32 Å². The van der Waals surface area contributed by atoms with Gasteiger partial charge in [-0.3, -0.25) is 4.79 Å². The highest BCUT2D eigenvalue weighted by molar-refractivity contribution is 5.91. The highest BCUT2D eigenvalue weighted by atomic mass is 16.5. The van der Waals surface area contributed by atoms with E-state index in [1.807, 2.05) is 24.3 Å². The summed E-state index contributed by atoms with van der Waals surface area (Å²) >= 11 is 0. The number of aryl methyl sites for hydroxylation is 1. The van der Waals surface area contributed by atoms with Crippen molar-refractivity contribution in [1.29, 1.82) is 0 Å². The third-order valence-corrected chi connectivity index (χ3v) is 3.65. The minimum Gasteiger partial charge on any atom is -0.368 e. The van der Waals surface area contributed by atoms with E-state index in [9.17, 15) is 4.79 Å². The zero-order valence-corrected chi connectivity index (χ0v) is 11.7. The van der Waals surface area contributed by atoms with E-state index in [1.165, 1.54) is 24.8 Å². The molecular weight excluding hydrogens is 238 g/mol. The first-order chi connectivity index (χ1) is 9.28. The highest BCUT2D eigenvalue weighted by Gasteiger charge is 2.15. The van der Waals surface area contributed by atoms with Crippen LogP contribution in [0.5, 0.6) is 0 Å². The number of hydrogen-bond donors (Lipinski definition) is 1. The number of ether oxygens (including phenoxy) is 1. The summed E-state index contributed by atoms with van der Waals surface area (Å²) in [6.45, 7) is 2.28. The van der Waals surface area contributed by atoms with Crippen molar-refractivity contribution in [2.45, 2.75) is 51.6 Å². The SMILES string of the molecule is CCc1ccc(NC(=O)COC2CCCCC2)cc1. The summed E-state index contributed by atoms with van der Waals surface area (Å²) in [5.41, 5.74) is 2.12. The molecule has 1 aromatic carbocycles. The number of nitrogens with one attached hydrogen (secondary N) is 1. The molecule has 1 N–H and O–H groups in total. The molecule has 1 fully saturated rings. The van der Waals surface area contributed by atoms with Crippen molar-refractivity contribution in [2.24, 2.45) is 0 Å². The summed E-state index contributed by atoms with van der Waals surface area (Å²) in [5.74, 6) is -0.0604. The van der Waals surface area contributed by atoms with Gasteiger partial charge in [0.25, 0.3) is 0 Å². The van der Waals surface area contributed by atoms with Crippen LogP contribution in [0.4, 0.5) is 5.69 Å². The number of carbonyl (C=O) groups excluding carboxylic acids is 1. The third kappa shape index (κ3) is 4.67. The van der Waals surface area contributed by atoms with E-state index in [2.05, 4.69) is 12.2 Å². The summed E-state index contributed by atoms with van der Waals surface area (Å²) < 4.78 is 5.65. The molecule has 0 heterocycles. The Kier molecular flexibility index (Phi) is 5.40. The standard InChI is InChI=1S/C16H23NO2/c1-2-13-8-10-14(11-9-13)17-16(18)12-19-15-6-4-3-5-7-15/h8-11,15H,2-7,12H2,1H3,(H,17,18). The normalized spacial score (nSPS) is 16.3. The van der Waals surface area contributed by atoms with E-state index >= 15 is 0 Å². The van der Waals surface area contributed by atoms with Gasteiger partial charge >= 0.3 is 0 Å². The van der Waals surface area contributed by atoms with Crippen molar-refractivity contribution < 1.29 is 9.53 Å². The molecule has 0 spiro atoms. The lowest BCUT2D eigenvalue weighted by molar-refractivity contribution is -0.123. The van der Waals surface area contributed by atoms with Gasteiger partial charge < -0.3 is 10.1 Å². The number of amides is 1. The first-order valence-corrected chi connectivity index (χ1v) is 7.28. The van der Waals surface area contributed by atoms with Crippen molar-refractivity contribution in [3.8, 4) is 0 Å². The second-order valence-corrected chi connectivity index (χ2v) is 5.17. The average Bonchev–Trinajstić information content (AvgIpc) is 2.47. The number of anilines is 1. The lowest BCUT2D eigenvalue weighted by Gasteiger charge is -2.21. The second kappa shape index (κ2) is 7.29. The topological polar surface area (TPSA) is 38.3 Å². The zero-order chi connectivity index (χ0) is 13.5. The molecule has 0 aliphatic heterocycles. The molecule has 1 aliphatic rings. The smallest absolute Gasteiger partial charge is 0.250 e. The second-order valence-electron chi connectivity index (χ2n) is 5.17. The molecule has 0 radical (unpaired) electrons. The lowest BCUT2D eigenvalue weighted by atomic mass is 9.98. The molecule has 0 saturated heterocycles. The Morgan fingerprint density at radius 2 is 1.89 bits per heavy atom. The van der Waals surface area contributed by atoms with Crippen LogP contribution in [0.1, 0.15) is 44.6 Å². The summed E-state index contributed by atoms with van der Waals surface area (Å²) in [4.78, 5) is 11.8. The van der Waals surface area contributed by atoms with Crippen molar-refractivity contribution >= 4 is 11.6 Å². The van der Waals surface area contributed by atoms with Gasteiger partial charge in [-0.15, -0.1) is 0 Å². The fourth-order valence-electron chi connectivity index (χ4n) is 2.45. The lowest BCUT2D eigenvalue weighted by Crippen LogP contribution is -2.24. The Hall–Kier alpha value is -1.35. The monoisotopic (exact) mass is 261 g/mol. The van der Waals surface area contributed by atoms with E-state index in [-0.39, 0.29) is 18.6 Å². The van der Waals surface area contributed by atoms with E-state index in [0.717, 1.165) is 24.9 Å². The summed E-state index contributed by atoms with van der Waals surface area (Å²) in [7, 11) is 0. The third-order valence-electron chi connectivity index (χ3n) is 3.65. The van der Waals surface area contributed by atoms with Gasteiger partial charge in [0.15, 0.2) is 0 Å². The Balaban J connectivity index is 1.73. The van der Waals surface area contributed by atoms with Crippen LogP contribution in [-0.2, 0) is 16.0 Å². The van der Waals surface area contributed by atoms with Crippen molar-refractivity contribution in [3.63, 3.8) is 0 Å². The fraction of sp³-hybridized carbons (Fsp3) is 0.562. The largest absolute Gasteiger partial charge is 0.368 e. The van der Waals surface area contributed by atoms with Crippen LogP contribution in [0, 0.1) is 0 Å². The van der Waals surface area contributed by atoms with E-state index in [0.29, 0.717) is 0 Å². The number of hydrogen-bond acceptors (Lipinski definition) is 2. The van der Waals surface area contributed by atoms with Gasteiger partial charge in [0.1, 0.15) is 6.61 Å². The summed E-state index contributed by atoms with van der Waals surface area (Å²) in [6, 6.07) is 7.96. The molecule has 0 bridgehead atoms. The molecule has 19 heavy (non-hydrogen) atoms. The number of benzene rings is 1. The minimum absolute atomic E-state index is 0.0604. The van der Waals surface area contributed by atoms with Crippen LogP contribution in [0.3, 0.4) is 0 Å². The maximum atomic E-state index is 11.8. The van der Waals surface area contributed by atoms with Crippen molar-refractivity contribution in [1.82, 2.24) is 0 Å². The Morgan fingerprint density at radius 1 is 1.21 bits per heavy atom. The maximum absolute atomic E-state index is 11.8. The van der Waals surface area contributed by atoms with Gasteiger partial charge in [-0.1, -0.05) is 38.3 Å². The average molecular weight is 261 g/mol. The predicted octanol–water partition coefficient (Wildman–Crippen LogP) is 3.54. The van der Waals surface area contributed by atoms with Gasteiger partial charge in [-0.25, -0.2) is 0 Å². The van der Waals surface area contributed by atoms with Crippen molar-refractivity contribution in [2.75, 3.05) is 11.9 Å². The first kappa shape index (κ1) is 14.1. The molecule has 1 amide bonds. The van der Waals surface area contributed by atoms with Gasteiger partial charge in [0, 0.05) is 5.69 Å². The van der Waals surface area contributed by atoms with Gasteiger partial charge in [0.2, 0.25) is 5.91 Å². The predicted molar refractivity (Wildman–Crippen MR) is 77.3 cm³/mol. The number of rotatable bonds is 5. The Morgan fingerprint density at radius 3 is 2.53 bits per heavy atom. The molecule has 104 valence electrons. The van der Waals surface area contributed by atoms with E-state index < -0.39 is 0 Å². The molecule has 1 aliphatic carbocycles. The minimum atomic E-state index is -0.0604. The van der Waals surface area contributed by atoms with Gasteiger partial charge in [-0.05, 0) is 37.0 Å².